The van der Waals surface area contributed by atoms with Gasteiger partial charge < -0.3 is 9.30 Å². The number of hydrogen-bond donors (Lipinski definition) is 0. The molecule has 6 nitrogen and oxygen atoms in total. The number of carbonyl (C=O) groups excluding carboxylic acids is 1. The molecule has 102 valence electrons. The van der Waals surface area contributed by atoms with Gasteiger partial charge in [0.15, 0.2) is 0 Å². The molecular formula is C13H16N2O4. The van der Waals surface area contributed by atoms with Crippen LogP contribution in [0.15, 0.2) is 21.9 Å². The zero-order valence-corrected chi connectivity index (χ0v) is 11.0. The molecule has 0 unspecified atom stereocenters. The summed E-state index contributed by atoms with van der Waals surface area (Å²) in [4.78, 5) is 34.7. The molecule has 0 amide bonds. The van der Waals surface area contributed by atoms with E-state index >= 15 is 0 Å². The van der Waals surface area contributed by atoms with Crippen LogP contribution in [0.5, 0.6) is 0 Å². The minimum Gasteiger partial charge on any atom is -0.462 e. The van der Waals surface area contributed by atoms with Gasteiger partial charge in [0.2, 0.25) is 0 Å². The van der Waals surface area contributed by atoms with E-state index in [0.717, 1.165) is 17.4 Å². The standard InChI is InChI=1S/C13H16N2O4/c1-14-7-10(12(17)15(2)13(14)18)5-6-11(16)19-8-9-3-4-9/h5-7,9H,3-4,8H2,1-2H3/b6-5+. The van der Waals surface area contributed by atoms with E-state index in [-0.39, 0.29) is 5.56 Å². The maximum Gasteiger partial charge on any atom is 0.330 e. The number of esters is 1. The van der Waals surface area contributed by atoms with Crippen LogP contribution in [0, 0.1) is 5.92 Å². The third kappa shape index (κ3) is 3.21. The van der Waals surface area contributed by atoms with E-state index in [1.54, 1.807) is 7.05 Å². The van der Waals surface area contributed by atoms with Gasteiger partial charge in [-0.1, -0.05) is 0 Å². The van der Waals surface area contributed by atoms with Gasteiger partial charge in [-0.3, -0.25) is 9.36 Å². The first-order chi connectivity index (χ1) is 8.99. The minimum absolute atomic E-state index is 0.271. The van der Waals surface area contributed by atoms with Crippen molar-refractivity contribution in [3.63, 3.8) is 0 Å². The molecule has 1 saturated carbocycles. The predicted molar refractivity (Wildman–Crippen MR) is 69.6 cm³/mol. The van der Waals surface area contributed by atoms with Crippen LogP contribution in [-0.2, 0) is 23.6 Å². The zero-order valence-electron chi connectivity index (χ0n) is 11.0. The second kappa shape index (κ2) is 5.26. The van der Waals surface area contributed by atoms with Crippen molar-refractivity contribution in [2.45, 2.75) is 12.8 Å². The highest BCUT2D eigenvalue weighted by Gasteiger charge is 2.22. The highest BCUT2D eigenvalue weighted by molar-refractivity contribution is 5.86. The fourth-order valence-corrected chi connectivity index (χ4v) is 1.64. The summed E-state index contributed by atoms with van der Waals surface area (Å²) in [6.07, 6.45) is 6.20. The molecule has 1 aromatic rings. The van der Waals surface area contributed by atoms with Crippen molar-refractivity contribution < 1.29 is 9.53 Å². The number of carbonyl (C=O) groups is 1. The van der Waals surface area contributed by atoms with Gasteiger partial charge in [0.05, 0.1) is 12.2 Å². The highest BCUT2D eigenvalue weighted by Crippen LogP contribution is 2.28. The van der Waals surface area contributed by atoms with Gasteiger partial charge in [-0.25, -0.2) is 9.59 Å². The van der Waals surface area contributed by atoms with Crippen molar-refractivity contribution >= 4 is 12.0 Å². The first-order valence-corrected chi connectivity index (χ1v) is 6.10. The van der Waals surface area contributed by atoms with Crippen molar-refractivity contribution in [2.24, 2.45) is 20.0 Å². The van der Waals surface area contributed by atoms with E-state index in [2.05, 4.69) is 0 Å². The second-order valence-electron chi connectivity index (χ2n) is 4.75. The van der Waals surface area contributed by atoms with E-state index < -0.39 is 17.2 Å². The fourth-order valence-electron chi connectivity index (χ4n) is 1.64. The SMILES string of the molecule is Cn1cc(/C=C/C(=O)OCC2CC2)c(=O)n(C)c1=O. The van der Waals surface area contributed by atoms with Gasteiger partial charge in [0.25, 0.3) is 5.56 Å². The Balaban J connectivity index is 2.11. The summed E-state index contributed by atoms with van der Waals surface area (Å²) in [5, 5.41) is 0. The molecule has 0 aromatic carbocycles. The lowest BCUT2D eigenvalue weighted by Crippen LogP contribution is -2.37. The lowest BCUT2D eigenvalue weighted by molar-refractivity contribution is -0.138. The Morgan fingerprint density at radius 3 is 2.74 bits per heavy atom. The molecule has 2 rings (SSSR count). The molecule has 0 atom stereocenters. The molecule has 6 heteroatoms. The third-order valence-corrected chi connectivity index (χ3v) is 3.03. The van der Waals surface area contributed by atoms with E-state index in [1.807, 2.05) is 0 Å². The second-order valence-corrected chi connectivity index (χ2v) is 4.75. The van der Waals surface area contributed by atoms with Crippen molar-refractivity contribution in [3.8, 4) is 0 Å². The molecular weight excluding hydrogens is 248 g/mol. The molecule has 0 aliphatic heterocycles. The molecule has 0 saturated heterocycles. The molecule has 1 fully saturated rings. The van der Waals surface area contributed by atoms with Crippen LogP contribution in [0.25, 0.3) is 6.08 Å². The van der Waals surface area contributed by atoms with E-state index in [4.69, 9.17) is 4.74 Å². The largest absolute Gasteiger partial charge is 0.462 e. The molecule has 0 bridgehead atoms. The maximum atomic E-state index is 11.8. The summed E-state index contributed by atoms with van der Waals surface area (Å²) in [6.45, 7) is 0.439. The molecule has 1 aromatic heterocycles. The molecule has 0 radical (unpaired) electrons. The van der Waals surface area contributed by atoms with Crippen LogP contribution in [0.3, 0.4) is 0 Å². The monoisotopic (exact) mass is 264 g/mol. The predicted octanol–water partition coefficient (Wildman–Crippen LogP) is 0.0504. The van der Waals surface area contributed by atoms with Crippen molar-refractivity contribution in [1.29, 1.82) is 0 Å². The lowest BCUT2D eigenvalue weighted by atomic mass is 10.3. The number of aromatic nitrogens is 2. The molecule has 0 spiro atoms. The summed E-state index contributed by atoms with van der Waals surface area (Å²) in [5.74, 6) is 0.0329. The van der Waals surface area contributed by atoms with Gasteiger partial charge in [0.1, 0.15) is 0 Å². The number of nitrogens with zero attached hydrogens (tertiary/aromatic N) is 2. The Hall–Kier alpha value is -2.11. The van der Waals surface area contributed by atoms with Crippen LogP contribution in [0.2, 0.25) is 0 Å². The number of aryl methyl sites for hydroxylation is 1. The average Bonchev–Trinajstić information content (AvgIpc) is 3.20. The fraction of sp³-hybridized carbons (Fsp3) is 0.462. The number of hydrogen-bond acceptors (Lipinski definition) is 4. The Kier molecular flexibility index (Phi) is 3.69. The van der Waals surface area contributed by atoms with Gasteiger partial charge in [-0.15, -0.1) is 0 Å². The van der Waals surface area contributed by atoms with E-state index in [1.165, 1.54) is 30.0 Å². The van der Waals surface area contributed by atoms with Crippen LogP contribution < -0.4 is 11.2 Å². The van der Waals surface area contributed by atoms with Crippen LogP contribution in [0.4, 0.5) is 0 Å². The first kappa shape index (κ1) is 13.3. The summed E-state index contributed by atoms with van der Waals surface area (Å²) >= 11 is 0. The van der Waals surface area contributed by atoms with Crippen LogP contribution in [0.1, 0.15) is 18.4 Å². The molecule has 1 aliphatic rings. The Morgan fingerprint density at radius 1 is 1.42 bits per heavy atom. The molecule has 0 N–H and O–H groups in total. The topological polar surface area (TPSA) is 70.3 Å². The lowest BCUT2D eigenvalue weighted by Gasteiger charge is -2.03. The quantitative estimate of drug-likeness (QED) is 0.569. The van der Waals surface area contributed by atoms with Crippen molar-refractivity contribution in [1.82, 2.24) is 9.13 Å². The van der Waals surface area contributed by atoms with Gasteiger partial charge in [-0.05, 0) is 24.8 Å². The number of ether oxygens (including phenoxy) is 1. The highest BCUT2D eigenvalue weighted by atomic mass is 16.5. The Bertz CT molecular complexity index is 635. The Labute approximate surface area is 109 Å². The number of rotatable bonds is 4. The Morgan fingerprint density at radius 2 is 2.11 bits per heavy atom. The van der Waals surface area contributed by atoms with Crippen LogP contribution >= 0.6 is 0 Å². The summed E-state index contributed by atoms with van der Waals surface area (Å²) in [6, 6.07) is 0. The van der Waals surface area contributed by atoms with Gasteiger partial charge in [0, 0.05) is 26.4 Å². The average molecular weight is 264 g/mol. The third-order valence-electron chi connectivity index (χ3n) is 3.03. The van der Waals surface area contributed by atoms with E-state index in [0.29, 0.717) is 12.5 Å². The molecule has 19 heavy (non-hydrogen) atoms. The van der Waals surface area contributed by atoms with E-state index in [9.17, 15) is 14.4 Å². The first-order valence-electron chi connectivity index (χ1n) is 6.10. The summed E-state index contributed by atoms with van der Waals surface area (Å²) in [7, 11) is 2.94. The van der Waals surface area contributed by atoms with Crippen molar-refractivity contribution in [3.05, 3.63) is 38.7 Å². The smallest absolute Gasteiger partial charge is 0.330 e. The molecule has 1 aliphatic carbocycles. The van der Waals surface area contributed by atoms with Crippen LogP contribution in [-0.4, -0.2) is 21.7 Å². The molecule has 1 heterocycles. The normalized spacial score (nSPS) is 14.8. The zero-order chi connectivity index (χ0) is 14.0. The minimum atomic E-state index is -0.470. The van der Waals surface area contributed by atoms with Gasteiger partial charge >= 0.3 is 11.7 Å². The van der Waals surface area contributed by atoms with Gasteiger partial charge in [-0.2, -0.15) is 0 Å². The summed E-state index contributed by atoms with van der Waals surface area (Å²) in [5.41, 5.74) is -0.569. The van der Waals surface area contributed by atoms with Crippen molar-refractivity contribution in [2.75, 3.05) is 6.61 Å². The summed E-state index contributed by atoms with van der Waals surface area (Å²) < 4.78 is 7.29. The maximum absolute atomic E-state index is 11.8.